The van der Waals surface area contributed by atoms with Gasteiger partial charge in [0.05, 0.1) is 13.7 Å². The summed E-state index contributed by atoms with van der Waals surface area (Å²) in [5, 5.41) is 21.1. The van der Waals surface area contributed by atoms with Gasteiger partial charge in [0.2, 0.25) is 6.29 Å². The molecule has 1 aliphatic rings. The molecule has 0 aliphatic carbocycles. The lowest BCUT2D eigenvalue weighted by Crippen LogP contribution is -2.37. The molecule has 3 N–H and O–H groups in total. The van der Waals surface area contributed by atoms with Crippen molar-refractivity contribution in [2.45, 2.75) is 37.6 Å². The van der Waals surface area contributed by atoms with Gasteiger partial charge in [-0.3, -0.25) is 9.32 Å². The van der Waals surface area contributed by atoms with Crippen LogP contribution in [-0.2, 0) is 23.4 Å². The van der Waals surface area contributed by atoms with Crippen LogP contribution in [0.1, 0.15) is 6.92 Å². The van der Waals surface area contributed by atoms with Crippen molar-refractivity contribution in [3.8, 4) is 5.75 Å². The highest BCUT2D eigenvalue weighted by atomic mass is 31.2. The number of methoxy groups -OCH3 is 1. The molecule has 0 spiro atoms. The number of aliphatic hydroxyl groups excluding tert-OH is 2. The molecule has 0 amide bonds. The van der Waals surface area contributed by atoms with Gasteiger partial charge in [-0.2, -0.15) is 5.09 Å². The van der Waals surface area contributed by atoms with E-state index < -0.39 is 51.0 Å². The monoisotopic (exact) mass is 393 g/mol. The van der Waals surface area contributed by atoms with Gasteiger partial charge in [-0.15, -0.1) is 0 Å². The number of halogens is 1. The van der Waals surface area contributed by atoms with Crippen LogP contribution < -0.4 is 9.61 Å². The van der Waals surface area contributed by atoms with Crippen LogP contribution in [0.25, 0.3) is 0 Å². The molecule has 26 heavy (non-hydrogen) atoms. The van der Waals surface area contributed by atoms with Gasteiger partial charge < -0.3 is 24.2 Å². The number of hydrogen-bond donors (Lipinski definition) is 3. The average Bonchev–Trinajstić information content (AvgIpc) is 2.89. The summed E-state index contributed by atoms with van der Waals surface area (Å²) >= 11 is 0. The molecule has 1 fully saturated rings. The second kappa shape index (κ2) is 8.90. The van der Waals surface area contributed by atoms with Gasteiger partial charge >= 0.3 is 13.7 Å². The fraction of sp³-hybridized carbons (Fsp3) is 0.533. The summed E-state index contributed by atoms with van der Waals surface area (Å²) in [4.78, 5) is 11.6. The topological polar surface area (TPSA) is 124 Å². The number of ether oxygens (including phenoxy) is 2. The number of para-hydroxylation sites is 1. The van der Waals surface area contributed by atoms with Crippen molar-refractivity contribution in [1.29, 1.82) is 0 Å². The van der Waals surface area contributed by atoms with Gasteiger partial charge in [0.15, 0.2) is 6.17 Å². The van der Waals surface area contributed by atoms with E-state index in [1.807, 2.05) is 0 Å². The van der Waals surface area contributed by atoms with E-state index in [2.05, 4.69) is 9.82 Å². The maximum absolute atomic E-state index is 14.1. The lowest BCUT2D eigenvalue weighted by Gasteiger charge is -2.25. The minimum atomic E-state index is -4.32. The van der Waals surface area contributed by atoms with Crippen LogP contribution >= 0.6 is 7.75 Å². The van der Waals surface area contributed by atoms with Crippen molar-refractivity contribution in [3.05, 3.63) is 30.3 Å². The average molecular weight is 393 g/mol. The van der Waals surface area contributed by atoms with Crippen molar-refractivity contribution < 1.29 is 42.5 Å². The second-order valence-corrected chi connectivity index (χ2v) is 7.19. The van der Waals surface area contributed by atoms with Crippen LogP contribution in [0.4, 0.5) is 4.39 Å². The maximum Gasteiger partial charge on any atom is 0.461 e. The molecule has 11 heteroatoms. The molecule has 6 atom stereocenters. The zero-order valence-corrected chi connectivity index (χ0v) is 15.0. The molecular weight excluding hydrogens is 372 g/mol. The van der Waals surface area contributed by atoms with Gasteiger partial charge in [-0.25, -0.2) is 8.96 Å². The Morgan fingerprint density at radius 1 is 1.42 bits per heavy atom. The van der Waals surface area contributed by atoms with Crippen LogP contribution in [0.15, 0.2) is 30.3 Å². The third-order valence-corrected chi connectivity index (χ3v) is 5.21. The van der Waals surface area contributed by atoms with Crippen molar-refractivity contribution in [1.82, 2.24) is 5.09 Å². The number of hydrogen-bond acceptors (Lipinski definition) is 8. The van der Waals surface area contributed by atoms with Crippen molar-refractivity contribution in [2.24, 2.45) is 0 Å². The van der Waals surface area contributed by atoms with E-state index in [1.54, 1.807) is 18.2 Å². The molecule has 9 nitrogen and oxygen atoms in total. The number of carbonyl (C=O) groups is 1. The van der Waals surface area contributed by atoms with E-state index >= 15 is 0 Å². The summed E-state index contributed by atoms with van der Waals surface area (Å²) < 4.78 is 47.2. The maximum atomic E-state index is 14.1. The van der Waals surface area contributed by atoms with E-state index in [0.29, 0.717) is 0 Å². The first-order valence-corrected chi connectivity index (χ1v) is 9.31. The Bertz CT molecular complexity index is 648. The standard InChI is InChI=1S/C15H21FNO8P/c1-9(14(20)22-2)17-26(21,24-10-6-4-3-5-7-10)25-15-12(16)13(19)11(8-18)23-15/h3-7,9,11-13,15,18-19H,8H2,1-2H3,(H,17,21)/t9-,11+,12-,13+,15+,26?/m0/s1. The molecular formula is C15H21FNO8P. The summed E-state index contributed by atoms with van der Waals surface area (Å²) in [7, 11) is -3.18. The molecule has 0 aromatic heterocycles. The Morgan fingerprint density at radius 3 is 2.62 bits per heavy atom. The lowest BCUT2D eigenvalue weighted by molar-refractivity contribution is -0.142. The Balaban J connectivity index is 2.20. The SMILES string of the molecule is COC(=O)[C@H](C)NP(=O)(Oc1ccccc1)O[C@H]1O[C@H](CO)[C@@H](O)[C@@H]1F. The Hall–Kier alpha value is -1.55. The highest BCUT2D eigenvalue weighted by molar-refractivity contribution is 7.52. The van der Waals surface area contributed by atoms with Gasteiger partial charge in [-0.05, 0) is 19.1 Å². The molecule has 1 aromatic rings. The predicted octanol–water partition coefficient (Wildman–Crippen LogP) is 0.757. The van der Waals surface area contributed by atoms with E-state index in [9.17, 15) is 18.9 Å². The van der Waals surface area contributed by atoms with E-state index in [4.69, 9.17) is 18.9 Å². The highest BCUT2D eigenvalue weighted by Gasteiger charge is 2.49. The fourth-order valence-electron chi connectivity index (χ4n) is 2.23. The first kappa shape index (κ1) is 20.8. The van der Waals surface area contributed by atoms with Crippen molar-refractivity contribution in [3.63, 3.8) is 0 Å². The summed E-state index contributed by atoms with van der Waals surface area (Å²) in [6, 6.07) is 6.77. The smallest absolute Gasteiger partial charge is 0.461 e. The predicted molar refractivity (Wildman–Crippen MR) is 87.0 cm³/mol. The number of esters is 1. The van der Waals surface area contributed by atoms with Gasteiger partial charge in [0.25, 0.3) is 0 Å². The Morgan fingerprint density at radius 2 is 2.08 bits per heavy atom. The van der Waals surface area contributed by atoms with E-state index in [0.717, 1.165) is 7.11 Å². The molecule has 1 saturated heterocycles. The number of benzene rings is 1. The van der Waals surface area contributed by atoms with Crippen LogP contribution in [0.5, 0.6) is 5.75 Å². The van der Waals surface area contributed by atoms with Crippen LogP contribution in [-0.4, -0.2) is 60.6 Å². The van der Waals surface area contributed by atoms with Crippen molar-refractivity contribution in [2.75, 3.05) is 13.7 Å². The van der Waals surface area contributed by atoms with Crippen LogP contribution in [0, 0.1) is 0 Å². The molecule has 146 valence electrons. The largest absolute Gasteiger partial charge is 0.468 e. The molecule has 1 unspecified atom stereocenters. The number of aliphatic hydroxyl groups is 2. The number of carbonyl (C=O) groups excluding carboxylic acids is 1. The normalized spacial score (nSPS) is 29.0. The lowest BCUT2D eigenvalue weighted by atomic mass is 10.2. The Labute approximate surface area is 149 Å². The third-order valence-electron chi connectivity index (χ3n) is 3.57. The van der Waals surface area contributed by atoms with Crippen LogP contribution in [0.2, 0.25) is 0 Å². The minimum Gasteiger partial charge on any atom is -0.468 e. The highest BCUT2D eigenvalue weighted by Crippen LogP contribution is 2.48. The summed E-state index contributed by atoms with van der Waals surface area (Å²) in [6.07, 6.45) is -6.74. The zero-order chi connectivity index (χ0) is 19.3. The summed E-state index contributed by atoms with van der Waals surface area (Å²) in [5.41, 5.74) is 0. The quantitative estimate of drug-likeness (QED) is 0.434. The molecule has 1 aliphatic heterocycles. The first-order valence-electron chi connectivity index (χ1n) is 7.77. The first-order chi connectivity index (χ1) is 12.3. The summed E-state index contributed by atoms with van der Waals surface area (Å²) in [6.45, 7) is 0.696. The van der Waals surface area contributed by atoms with E-state index in [-0.39, 0.29) is 5.75 Å². The molecule has 0 saturated carbocycles. The molecule has 1 heterocycles. The molecule has 1 aromatic carbocycles. The van der Waals surface area contributed by atoms with Gasteiger partial charge in [0.1, 0.15) is 24.0 Å². The zero-order valence-electron chi connectivity index (χ0n) is 14.1. The number of nitrogens with one attached hydrogen (secondary N) is 1. The number of rotatable bonds is 8. The molecule has 0 bridgehead atoms. The summed E-state index contributed by atoms with van der Waals surface area (Å²) in [5.74, 6) is -0.615. The fourth-order valence-corrected chi connectivity index (χ4v) is 3.80. The Kier molecular flexibility index (Phi) is 7.10. The molecule has 2 rings (SSSR count). The second-order valence-electron chi connectivity index (χ2n) is 5.54. The minimum absolute atomic E-state index is 0.132. The van der Waals surface area contributed by atoms with Gasteiger partial charge in [-0.1, -0.05) is 18.2 Å². The van der Waals surface area contributed by atoms with E-state index in [1.165, 1.54) is 19.1 Å². The molecule has 0 radical (unpaired) electrons. The van der Waals surface area contributed by atoms with Crippen LogP contribution in [0.3, 0.4) is 0 Å². The third kappa shape index (κ3) is 5.00. The number of alkyl halides is 1. The van der Waals surface area contributed by atoms with Crippen molar-refractivity contribution >= 4 is 13.7 Å². The van der Waals surface area contributed by atoms with Gasteiger partial charge in [0, 0.05) is 0 Å².